The van der Waals surface area contributed by atoms with E-state index in [1.54, 1.807) is 22.9 Å². The number of halogens is 4. The number of amides is 1. The predicted octanol–water partition coefficient (Wildman–Crippen LogP) is 4.94. The van der Waals surface area contributed by atoms with Gasteiger partial charge in [-0.05, 0) is 62.6 Å². The van der Waals surface area contributed by atoms with Crippen LogP contribution in [0.2, 0.25) is 5.02 Å². The van der Waals surface area contributed by atoms with Crippen LogP contribution in [0.25, 0.3) is 11.3 Å². The Morgan fingerprint density at radius 2 is 1.95 bits per heavy atom. The number of carbonyl (C=O) groups excluding carboxylic acids is 1. The molecule has 1 atom stereocenters. The summed E-state index contributed by atoms with van der Waals surface area (Å²) >= 11 is 5.90. The maximum Gasteiger partial charge on any atom is 0.391 e. The first-order valence-corrected chi connectivity index (χ1v) is 13.3. The molecular weight excluding hydrogens is 545 g/mol. The van der Waals surface area contributed by atoms with Crippen LogP contribution in [0.1, 0.15) is 62.5 Å². The van der Waals surface area contributed by atoms with Crippen LogP contribution in [-0.2, 0) is 24.5 Å². The molecule has 3 N–H and O–H groups in total. The second-order valence-electron chi connectivity index (χ2n) is 9.80. The molecule has 2 aromatic rings. The van der Waals surface area contributed by atoms with E-state index in [0.717, 1.165) is 32.6 Å². The van der Waals surface area contributed by atoms with Crippen molar-refractivity contribution in [1.82, 2.24) is 15.1 Å². The van der Waals surface area contributed by atoms with Crippen LogP contribution < -0.4 is 15.8 Å². The Kier molecular flexibility index (Phi) is 11.3. The van der Waals surface area contributed by atoms with E-state index in [1.165, 1.54) is 7.11 Å². The number of rotatable bonds is 8. The van der Waals surface area contributed by atoms with Crippen molar-refractivity contribution in [2.45, 2.75) is 71.1 Å². The van der Waals surface area contributed by atoms with Crippen LogP contribution in [0.4, 0.5) is 13.2 Å². The molecule has 1 amide bonds. The van der Waals surface area contributed by atoms with Gasteiger partial charge in [-0.3, -0.25) is 9.48 Å². The first-order valence-electron chi connectivity index (χ1n) is 12.3. The van der Waals surface area contributed by atoms with Crippen molar-refractivity contribution in [2.75, 3.05) is 13.7 Å². The van der Waals surface area contributed by atoms with E-state index in [0.29, 0.717) is 41.6 Å². The van der Waals surface area contributed by atoms with Crippen LogP contribution in [0.5, 0.6) is 5.75 Å². The molecule has 1 heterocycles. The summed E-state index contributed by atoms with van der Waals surface area (Å²) in [4.78, 5) is 13.0. The summed E-state index contributed by atoms with van der Waals surface area (Å²) in [6.45, 7) is 5.97. The molecule has 1 aromatic carbocycles. The van der Waals surface area contributed by atoms with E-state index >= 15 is 0 Å². The third-order valence-electron chi connectivity index (χ3n) is 6.90. The highest BCUT2D eigenvalue weighted by atomic mass is 35.5. The largest absolute Gasteiger partial charge is 0.496 e. The SMILES string of the molecule is CCn1nc(C(=O)NCC2(N)CCC(C)CC2)c(Cl)c1-c1ccc(CC(C)C(F)(F)F)cc1OC.O=S=O. The molecule has 0 bridgehead atoms. The van der Waals surface area contributed by atoms with Gasteiger partial charge in [0.05, 0.1) is 23.7 Å². The minimum Gasteiger partial charge on any atom is -0.496 e. The molecule has 1 unspecified atom stereocenters. The number of methoxy groups -OCH3 is 1. The van der Waals surface area contributed by atoms with Gasteiger partial charge in [-0.2, -0.15) is 26.7 Å². The van der Waals surface area contributed by atoms with E-state index in [9.17, 15) is 18.0 Å². The molecule has 0 aliphatic heterocycles. The van der Waals surface area contributed by atoms with Crippen molar-refractivity contribution >= 4 is 29.1 Å². The molecule has 1 aromatic heterocycles. The normalized spacial score (nSPS) is 20.2. The van der Waals surface area contributed by atoms with Crippen molar-refractivity contribution in [3.63, 3.8) is 0 Å². The fraction of sp³-hybridized carbons (Fsp3) is 0.600. The Morgan fingerprint density at radius 3 is 2.47 bits per heavy atom. The van der Waals surface area contributed by atoms with Crippen LogP contribution in [0.15, 0.2) is 18.2 Å². The molecule has 8 nitrogen and oxygen atoms in total. The van der Waals surface area contributed by atoms with Crippen LogP contribution in [0.3, 0.4) is 0 Å². The van der Waals surface area contributed by atoms with E-state index in [2.05, 4.69) is 17.3 Å². The summed E-state index contributed by atoms with van der Waals surface area (Å²) in [5.74, 6) is -0.909. The van der Waals surface area contributed by atoms with Gasteiger partial charge in [0.25, 0.3) is 5.91 Å². The first kappa shape index (κ1) is 31.8. The highest BCUT2D eigenvalue weighted by Crippen LogP contribution is 2.38. The number of aryl methyl sites for hydroxylation is 1. The average Bonchev–Trinajstić information content (AvgIpc) is 3.20. The molecule has 38 heavy (non-hydrogen) atoms. The number of hydrogen-bond donors (Lipinski definition) is 2. The highest BCUT2D eigenvalue weighted by molar-refractivity contribution is 7.51. The van der Waals surface area contributed by atoms with Crippen LogP contribution in [-0.4, -0.2) is 49.5 Å². The molecule has 1 fully saturated rings. The highest BCUT2D eigenvalue weighted by Gasteiger charge is 2.36. The van der Waals surface area contributed by atoms with Gasteiger partial charge in [-0.15, -0.1) is 0 Å². The summed E-state index contributed by atoms with van der Waals surface area (Å²) in [6, 6.07) is 4.85. The van der Waals surface area contributed by atoms with Gasteiger partial charge in [-0.1, -0.05) is 31.5 Å². The van der Waals surface area contributed by atoms with E-state index in [-0.39, 0.29) is 17.1 Å². The van der Waals surface area contributed by atoms with Gasteiger partial charge in [0.15, 0.2) is 5.69 Å². The molecule has 1 saturated carbocycles. The smallest absolute Gasteiger partial charge is 0.391 e. The number of nitrogens with zero attached hydrogens (tertiary/aromatic N) is 2. The summed E-state index contributed by atoms with van der Waals surface area (Å²) < 4.78 is 62.7. The number of nitrogens with two attached hydrogens (primary N) is 1. The minimum atomic E-state index is -4.28. The third-order valence-corrected chi connectivity index (χ3v) is 7.26. The molecule has 1 aliphatic rings. The zero-order valence-corrected chi connectivity index (χ0v) is 23.4. The molecule has 0 radical (unpaired) electrons. The Labute approximate surface area is 229 Å². The number of alkyl halides is 3. The topological polar surface area (TPSA) is 116 Å². The molecule has 212 valence electrons. The van der Waals surface area contributed by atoms with Gasteiger partial charge in [0.2, 0.25) is 0 Å². The zero-order chi connectivity index (χ0) is 28.7. The van der Waals surface area contributed by atoms with Gasteiger partial charge in [0, 0.05) is 24.2 Å². The van der Waals surface area contributed by atoms with Crippen LogP contribution in [0, 0.1) is 11.8 Å². The zero-order valence-electron chi connectivity index (χ0n) is 21.9. The van der Waals surface area contributed by atoms with Crippen molar-refractivity contribution in [2.24, 2.45) is 17.6 Å². The van der Waals surface area contributed by atoms with Crippen molar-refractivity contribution in [3.8, 4) is 17.0 Å². The lowest BCUT2D eigenvalue weighted by molar-refractivity contribution is -0.169. The Morgan fingerprint density at radius 1 is 1.34 bits per heavy atom. The van der Waals surface area contributed by atoms with E-state index in [4.69, 9.17) is 30.5 Å². The maximum absolute atomic E-state index is 13.0. The summed E-state index contributed by atoms with van der Waals surface area (Å²) in [6.07, 6.45) is -0.719. The third kappa shape index (κ3) is 8.03. The monoisotopic (exact) mass is 578 g/mol. The van der Waals surface area contributed by atoms with E-state index in [1.807, 2.05) is 6.92 Å². The molecule has 0 spiro atoms. The first-order chi connectivity index (χ1) is 17.8. The molecule has 3 rings (SSSR count). The number of carbonyl (C=O) groups is 1. The van der Waals surface area contributed by atoms with Gasteiger partial charge < -0.3 is 15.8 Å². The summed E-state index contributed by atoms with van der Waals surface area (Å²) in [5.41, 5.74) is 7.63. The van der Waals surface area contributed by atoms with E-state index < -0.39 is 35.1 Å². The fourth-order valence-corrected chi connectivity index (χ4v) is 4.78. The predicted molar refractivity (Wildman–Crippen MR) is 140 cm³/mol. The van der Waals surface area contributed by atoms with Crippen molar-refractivity contribution in [3.05, 3.63) is 34.5 Å². The number of ether oxygens (including phenoxy) is 1. The summed E-state index contributed by atoms with van der Waals surface area (Å²) in [7, 11) is 1.44. The lowest BCUT2D eigenvalue weighted by Gasteiger charge is -2.36. The van der Waals surface area contributed by atoms with Crippen LogP contribution >= 0.6 is 11.6 Å². The lowest BCUT2D eigenvalue weighted by atomic mass is 9.78. The molecule has 1 aliphatic carbocycles. The Bertz CT molecular complexity index is 1140. The number of hydrogen-bond acceptors (Lipinski definition) is 6. The number of benzene rings is 1. The quantitative estimate of drug-likeness (QED) is 0.458. The number of nitrogens with one attached hydrogen (secondary N) is 1. The van der Waals surface area contributed by atoms with Crippen molar-refractivity contribution < 1.29 is 31.1 Å². The second kappa shape index (κ2) is 13.6. The van der Waals surface area contributed by atoms with Gasteiger partial charge in [-0.25, -0.2) is 0 Å². The minimum absolute atomic E-state index is 0.0770. The maximum atomic E-state index is 13.0. The second-order valence-corrected chi connectivity index (χ2v) is 10.3. The van der Waals surface area contributed by atoms with Gasteiger partial charge in [0.1, 0.15) is 5.75 Å². The Hall–Kier alpha value is -2.44. The fourth-order valence-electron chi connectivity index (χ4n) is 4.45. The standard InChI is InChI=1S/C25H34ClF3N4O2.O2S/c1-5-33-22(18-7-6-17(13-19(18)35-4)12-16(3)25(27,28)29)20(26)21(32-33)23(34)31-14-24(30)10-8-15(2)9-11-24;1-3-2/h6-7,13,15-16H,5,8-12,14,30H2,1-4H3,(H,31,34);. The lowest BCUT2D eigenvalue weighted by Crippen LogP contribution is -2.52. The molecular formula is C25H34ClF3N4O4S. The molecule has 13 heteroatoms. The number of aromatic nitrogens is 2. The summed E-state index contributed by atoms with van der Waals surface area (Å²) in [5, 5.41) is 7.46. The Balaban J connectivity index is 0.00000161. The average molecular weight is 579 g/mol. The molecule has 0 saturated heterocycles. The van der Waals surface area contributed by atoms with Gasteiger partial charge >= 0.3 is 17.7 Å². The van der Waals surface area contributed by atoms with Crippen molar-refractivity contribution in [1.29, 1.82) is 0 Å².